The number of rotatable bonds is 2. The Morgan fingerprint density at radius 3 is 2.93 bits per heavy atom. The number of fused-ring (bicyclic) bond motifs is 1. The van der Waals surface area contributed by atoms with Crippen molar-refractivity contribution in [3.63, 3.8) is 0 Å². The molecule has 1 aromatic carbocycles. The predicted molar refractivity (Wildman–Crippen MR) is 58.8 cm³/mol. The summed E-state index contributed by atoms with van der Waals surface area (Å²) in [5.74, 6) is 0.637. The van der Waals surface area contributed by atoms with Crippen molar-refractivity contribution in [2.75, 3.05) is 7.11 Å². The van der Waals surface area contributed by atoms with Crippen LogP contribution in [0.4, 0.5) is 0 Å². The number of methoxy groups -OCH3 is 1. The molecule has 0 saturated carbocycles. The van der Waals surface area contributed by atoms with Crippen molar-refractivity contribution < 1.29 is 9.53 Å². The van der Waals surface area contributed by atoms with Crippen molar-refractivity contribution in [2.24, 2.45) is 0 Å². The Bertz CT molecular complexity index is 490. The van der Waals surface area contributed by atoms with E-state index in [0.29, 0.717) is 16.3 Å². The molecule has 4 heteroatoms. The zero-order valence-corrected chi connectivity index (χ0v) is 8.98. The van der Waals surface area contributed by atoms with Gasteiger partial charge in [-0.05, 0) is 12.1 Å². The molecule has 72 valence electrons. The molecule has 2 nitrogen and oxygen atoms in total. The fourth-order valence-corrected chi connectivity index (χ4v) is 2.64. The average Bonchev–Trinajstić information content (AvgIpc) is 2.62. The van der Waals surface area contributed by atoms with Gasteiger partial charge in [-0.1, -0.05) is 11.6 Å². The van der Waals surface area contributed by atoms with Crippen LogP contribution in [0, 0.1) is 0 Å². The molecule has 2 aromatic rings. The van der Waals surface area contributed by atoms with Gasteiger partial charge in [0.05, 0.1) is 11.8 Å². The van der Waals surface area contributed by atoms with Gasteiger partial charge in [-0.2, -0.15) is 0 Å². The van der Waals surface area contributed by atoms with Gasteiger partial charge in [-0.25, -0.2) is 0 Å². The molecule has 1 heterocycles. The second-order valence-corrected chi connectivity index (χ2v) is 4.03. The molecule has 0 fully saturated rings. The zero-order chi connectivity index (χ0) is 10.1. The minimum Gasteiger partial charge on any atom is -0.495 e. The van der Waals surface area contributed by atoms with Crippen molar-refractivity contribution in [1.82, 2.24) is 0 Å². The largest absolute Gasteiger partial charge is 0.495 e. The first-order valence-corrected chi connectivity index (χ1v) is 5.22. The first-order valence-electron chi connectivity index (χ1n) is 3.96. The van der Waals surface area contributed by atoms with E-state index in [1.165, 1.54) is 11.3 Å². The first kappa shape index (κ1) is 9.49. The second kappa shape index (κ2) is 3.59. The van der Waals surface area contributed by atoms with E-state index in [2.05, 4.69) is 0 Å². The highest BCUT2D eigenvalue weighted by molar-refractivity contribution is 7.18. The summed E-state index contributed by atoms with van der Waals surface area (Å²) in [5.41, 5.74) is 0.676. The zero-order valence-electron chi connectivity index (χ0n) is 7.41. The molecule has 0 atom stereocenters. The van der Waals surface area contributed by atoms with Gasteiger partial charge in [-0.15, -0.1) is 11.3 Å². The van der Waals surface area contributed by atoms with Crippen LogP contribution in [-0.2, 0) is 0 Å². The number of thiophene rings is 1. The van der Waals surface area contributed by atoms with Gasteiger partial charge in [0, 0.05) is 16.3 Å². The van der Waals surface area contributed by atoms with Crippen LogP contribution >= 0.6 is 22.9 Å². The summed E-state index contributed by atoms with van der Waals surface area (Å²) in [6, 6.07) is 3.62. The van der Waals surface area contributed by atoms with Crippen LogP contribution in [0.2, 0.25) is 5.02 Å². The smallest absolute Gasteiger partial charge is 0.151 e. The minimum atomic E-state index is 0.572. The fourth-order valence-electron chi connectivity index (χ4n) is 1.32. The van der Waals surface area contributed by atoms with Crippen molar-refractivity contribution in [3.8, 4) is 5.75 Å². The lowest BCUT2D eigenvalue weighted by Crippen LogP contribution is -1.83. The lowest BCUT2D eigenvalue weighted by Gasteiger charge is -2.02. The average molecular weight is 227 g/mol. The van der Waals surface area contributed by atoms with Crippen LogP contribution in [-0.4, -0.2) is 13.4 Å². The summed E-state index contributed by atoms with van der Waals surface area (Å²) in [4.78, 5) is 10.7. The molecule has 0 aliphatic heterocycles. The highest BCUT2D eigenvalue weighted by atomic mass is 35.5. The van der Waals surface area contributed by atoms with Crippen LogP contribution in [0.5, 0.6) is 5.75 Å². The number of carbonyl (C=O) groups excluding carboxylic acids is 1. The van der Waals surface area contributed by atoms with Gasteiger partial charge in [0.25, 0.3) is 0 Å². The van der Waals surface area contributed by atoms with E-state index in [9.17, 15) is 4.79 Å². The fraction of sp³-hybridized carbons (Fsp3) is 0.100. The summed E-state index contributed by atoms with van der Waals surface area (Å²) in [6.45, 7) is 0. The standard InChI is InChI=1S/C10H7ClO2S/c1-13-8-3-2-7-6(4-12)5-14-10(7)9(8)11/h2-5H,1H3. The number of halogens is 1. The third-order valence-electron chi connectivity index (χ3n) is 2.02. The molecule has 0 unspecified atom stereocenters. The maximum atomic E-state index is 10.7. The molecule has 0 radical (unpaired) electrons. The lowest BCUT2D eigenvalue weighted by atomic mass is 10.2. The van der Waals surface area contributed by atoms with Gasteiger partial charge in [0.2, 0.25) is 0 Å². The third-order valence-corrected chi connectivity index (χ3v) is 3.54. The van der Waals surface area contributed by atoms with Gasteiger partial charge in [0.15, 0.2) is 6.29 Å². The molecular weight excluding hydrogens is 220 g/mol. The summed E-state index contributed by atoms with van der Waals surface area (Å²) in [7, 11) is 1.57. The molecule has 1 aromatic heterocycles. The van der Waals surface area contributed by atoms with Crippen LogP contribution in [0.1, 0.15) is 10.4 Å². The normalized spacial score (nSPS) is 10.4. The summed E-state index contributed by atoms with van der Waals surface area (Å²) in [5, 5.41) is 3.25. The van der Waals surface area contributed by atoms with Crippen molar-refractivity contribution in [1.29, 1.82) is 0 Å². The Labute approximate surface area is 90.1 Å². The van der Waals surface area contributed by atoms with E-state index >= 15 is 0 Å². The van der Waals surface area contributed by atoms with Crippen LogP contribution in [0.25, 0.3) is 10.1 Å². The van der Waals surface area contributed by atoms with E-state index in [1.54, 1.807) is 18.6 Å². The van der Waals surface area contributed by atoms with E-state index in [4.69, 9.17) is 16.3 Å². The van der Waals surface area contributed by atoms with Crippen LogP contribution in [0.15, 0.2) is 17.5 Å². The van der Waals surface area contributed by atoms with Crippen molar-refractivity contribution >= 4 is 39.3 Å². The maximum Gasteiger partial charge on any atom is 0.151 e. The highest BCUT2D eigenvalue weighted by Crippen LogP contribution is 2.37. The predicted octanol–water partition coefficient (Wildman–Crippen LogP) is 3.38. The molecule has 0 saturated heterocycles. The van der Waals surface area contributed by atoms with Gasteiger partial charge in [-0.3, -0.25) is 4.79 Å². The number of hydrogen-bond acceptors (Lipinski definition) is 3. The molecule has 0 N–H and O–H groups in total. The number of carbonyl (C=O) groups is 1. The Morgan fingerprint density at radius 1 is 1.50 bits per heavy atom. The number of aldehydes is 1. The maximum absolute atomic E-state index is 10.7. The molecule has 0 amide bonds. The van der Waals surface area contributed by atoms with Crippen molar-refractivity contribution in [2.45, 2.75) is 0 Å². The van der Waals surface area contributed by atoms with Gasteiger partial charge >= 0.3 is 0 Å². The molecule has 2 rings (SSSR count). The molecule has 0 bridgehead atoms. The second-order valence-electron chi connectivity index (χ2n) is 2.77. The quantitative estimate of drug-likeness (QED) is 0.734. The van der Waals surface area contributed by atoms with E-state index in [-0.39, 0.29) is 0 Å². The molecular formula is C10H7ClO2S. The summed E-state index contributed by atoms with van der Waals surface area (Å²) < 4.78 is 5.98. The monoisotopic (exact) mass is 226 g/mol. The SMILES string of the molecule is COc1ccc2c(C=O)csc2c1Cl. The molecule has 0 aliphatic carbocycles. The van der Waals surface area contributed by atoms with E-state index in [1.807, 2.05) is 6.07 Å². The number of benzene rings is 1. The topological polar surface area (TPSA) is 26.3 Å². The molecule has 0 spiro atoms. The Morgan fingerprint density at radius 2 is 2.29 bits per heavy atom. The third kappa shape index (κ3) is 1.29. The minimum absolute atomic E-state index is 0.572. The van der Waals surface area contributed by atoms with Gasteiger partial charge < -0.3 is 4.74 Å². The number of hydrogen-bond donors (Lipinski definition) is 0. The Balaban J connectivity index is 2.78. The Kier molecular flexibility index (Phi) is 2.44. The molecule has 0 aliphatic rings. The van der Waals surface area contributed by atoms with E-state index in [0.717, 1.165) is 16.4 Å². The lowest BCUT2D eigenvalue weighted by molar-refractivity contribution is 0.112. The molecule has 14 heavy (non-hydrogen) atoms. The van der Waals surface area contributed by atoms with E-state index < -0.39 is 0 Å². The van der Waals surface area contributed by atoms with Crippen LogP contribution < -0.4 is 4.74 Å². The summed E-state index contributed by atoms with van der Waals surface area (Å²) >= 11 is 7.53. The first-order chi connectivity index (χ1) is 6.77. The Hall–Kier alpha value is -1.06. The van der Waals surface area contributed by atoms with Crippen molar-refractivity contribution in [3.05, 3.63) is 28.1 Å². The van der Waals surface area contributed by atoms with Gasteiger partial charge in [0.1, 0.15) is 10.8 Å². The number of ether oxygens (including phenoxy) is 1. The van der Waals surface area contributed by atoms with Crippen LogP contribution in [0.3, 0.4) is 0 Å². The highest BCUT2D eigenvalue weighted by Gasteiger charge is 2.10. The summed E-state index contributed by atoms with van der Waals surface area (Å²) in [6.07, 6.45) is 0.835.